The van der Waals surface area contributed by atoms with Gasteiger partial charge in [-0.1, -0.05) is 11.6 Å². The number of nitrogens with one attached hydrogen (secondary N) is 3. The lowest BCUT2D eigenvalue weighted by molar-refractivity contribution is -0.112. The SMILES string of the molecule is CNc1ccc(Cl)c(C(=O)Nc2ccc(F)c(NC(=O)/C=C/C(C)(C)F)c2F)c1. The first-order chi connectivity index (χ1) is 13.5. The van der Waals surface area contributed by atoms with Crippen LogP contribution >= 0.6 is 11.6 Å². The van der Waals surface area contributed by atoms with E-state index in [4.69, 9.17) is 11.6 Å². The zero-order chi connectivity index (χ0) is 21.8. The van der Waals surface area contributed by atoms with Crippen LogP contribution in [0.3, 0.4) is 0 Å². The van der Waals surface area contributed by atoms with E-state index >= 15 is 0 Å². The third-order valence-corrected chi connectivity index (χ3v) is 4.05. The Kier molecular flexibility index (Phi) is 6.92. The number of hydrogen-bond donors (Lipinski definition) is 3. The number of carbonyl (C=O) groups excluding carboxylic acids is 2. The number of allylic oxidation sites excluding steroid dienone is 1. The molecule has 0 bridgehead atoms. The molecule has 0 spiro atoms. The Morgan fingerprint density at radius 2 is 1.79 bits per heavy atom. The Hall–Kier alpha value is -3.00. The standard InChI is InChI=1S/C20H19ClF3N3O2/c1-20(2,24)9-8-16(28)27-18-14(22)6-7-15(17(18)23)26-19(29)12-10-11(25-3)4-5-13(12)21/h4-10,25H,1-3H3,(H,26,29)(H,27,28)/b9-8+. The first-order valence-electron chi connectivity index (χ1n) is 8.47. The number of benzene rings is 2. The molecular weight excluding hydrogens is 407 g/mol. The molecule has 0 fully saturated rings. The quantitative estimate of drug-likeness (QED) is 0.560. The Morgan fingerprint density at radius 3 is 2.41 bits per heavy atom. The Labute approximate surface area is 170 Å². The van der Waals surface area contributed by atoms with Crippen molar-refractivity contribution in [3.63, 3.8) is 0 Å². The summed E-state index contributed by atoms with van der Waals surface area (Å²) in [6.07, 6.45) is 1.77. The zero-order valence-electron chi connectivity index (χ0n) is 15.9. The Bertz CT molecular complexity index is 972. The van der Waals surface area contributed by atoms with Crippen LogP contribution in [0.5, 0.6) is 0 Å². The van der Waals surface area contributed by atoms with Crippen LogP contribution < -0.4 is 16.0 Å². The molecule has 0 aliphatic carbocycles. The van der Waals surface area contributed by atoms with Crippen molar-refractivity contribution in [2.45, 2.75) is 19.5 Å². The number of rotatable bonds is 6. The fourth-order valence-electron chi connectivity index (χ4n) is 2.25. The maximum atomic E-state index is 14.7. The predicted molar refractivity (Wildman–Crippen MR) is 108 cm³/mol. The molecule has 0 aromatic heterocycles. The summed E-state index contributed by atoms with van der Waals surface area (Å²) in [6.45, 7) is 2.42. The summed E-state index contributed by atoms with van der Waals surface area (Å²) in [5.74, 6) is -3.91. The molecule has 2 amide bonds. The maximum Gasteiger partial charge on any atom is 0.257 e. The van der Waals surface area contributed by atoms with Crippen LogP contribution in [0.15, 0.2) is 42.5 Å². The van der Waals surface area contributed by atoms with Gasteiger partial charge in [0, 0.05) is 18.8 Å². The van der Waals surface area contributed by atoms with Gasteiger partial charge in [0.2, 0.25) is 5.91 Å². The summed E-state index contributed by atoms with van der Waals surface area (Å²) in [5, 5.41) is 7.28. The van der Waals surface area contributed by atoms with Crippen molar-refractivity contribution in [1.29, 1.82) is 0 Å². The lowest BCUT2D eigenvalue weighted by atomic mass is 10.1. The zero-order valence-corrected chi connectivity index (χ0v) is 16.6. The van der Waals surface area contributed by atoms with E-state index in [1.807, 2.05) is 5.32 Å². The lowest BCUT2D eigenvalue weighted by Gasteiger charge is -2.13. The highest BCUT2D eigenvalue weighted by molar-refractivity contribution is 6.34. The van der Waals surface area contributed by atoms with Gasteiger partial charge in [0.15, 0.2) is 5.82 Å². The average Bonchev–Trinajstić information content (AvgIpc) is 2.65. The Balaban J connectivity index is 2.27. The van der Waals surface area contributed by atoms with Gasteiger partial charge in [0.25, 0.3) is 5.91 Å². The topological polar surface area (TPSA) is 70.2 Å². The van der Waals surface area contributed by atoms with E-state index in [0.717, 1.165) is 24.3 Å². The van der Waals surface area contributed by atoms with Gasteiger partial charge in [-0.2, -0.15) is 0 Å². The first-order valence-corrected chi connectivity index (χ1v) is 8.85. The number of carbonyl (C=O) groups is 2. The summed E-state index contributed by atoms with van der Waals surface area (Å²) in [4.78, 5) is 24.3. The highest BCUT2D eigenvalue weighted by Gasteiger charge is 2.19. The minimum Gasteiger partial charge on any atom is -0.388 e. The molecule has 0 saturated carbocycles. The van der Waals surface area contributed by atoms with E-state index < -0.39 is 34.8 Å². The van der Waals surface area contributed by atoms with Crippen LogP contribution in [-0.2, 0) is 4.79 Å². The molecule has 0 atom stereocenters. The summed E-state index contributed by atoms with van der Waals surface area (Å²) in [6, 6.07) is 6.49. The molecule has 2 aromatic carbocycles. The van der Waals surface area contributed by atoms with E-state index in [2.05, 4.69) is 10.6 Å². The van der Waals surface area contributed by atoms with Gasteiger partial charge in [-0.15, -0.1) is 0 Å². The van der Waals surface area contributed by atoms with E-state index in [-0.39, 0.29) is 16.3 Å². The van der Waals surface area contributed by atoms with Crippen LogP contribution in [0.25, 0.3) is 0 Å². The summed E-state index contributed by atoms with van der Waals surface area (Å²) < 4.78 is 42.1. The first kappa shape index (κ1) is 22.3. The lowest BCUT2D eigenvalue weighted by Crippen LogP contribution is -2.17. The summed E-state index contributed by atoms with van der Waals surface area (Å²) >= 11 is 6.01. The average molecular weight is 426 g/mol. The third kappa shape index (κ3) is 5.99. The smallest absolute Gasteiger partial charge is 0.257 e. The second-order valence-electron chi connectivity index (χ2n) is 6.57. The van der Waals surface area contributed by atoms with Gasteiger partial charge in [0.05, 0.1) is 16.3 Å². The van der Waals surface area contributed by atoms with Crippen molar-refractivity contribution in [3.05, 3.63) is 64.7 Å². The maximum absolute atomic E-state index is 14.7. The summed E-state index contributed by atoms with van der Waals surface area (Å²) in [5.41, 5.74) is -2.24. The molecule has 0 heterocycles. The van der Waals surface area contributed by atoms with Gasteiger partial charge in [-0.25, -0.2) is 13.2 Å². The van der Waals surface area contributed by atoms with Crippen molar-refractivity contribution in [2.24, 2.45) is 0 Å². The van der Waals surface area contributed by atoms with E-state index in [1.54, 1.807) is 13.1 Å². The van der Waals surface area contributed by atoms with Gasteiger partial charge in [-0.3, -0.25) is 9.59 Å². The van der Waals surface area contributed by atoms with Crippen LogP contribution in [0, 0.1) is 11.6 Å². The molecule has 2 rings (SSSR count). The van der Waals surface area contributed by atoms with E-state index in [9.17, 15) is 22.8 Å². The van der Waals surface area contributed by atoms with Gasteiger partial charge < -0.3 is 16.0 Å². The molecule has 0 radical (unpaired) electrons. The van der Waals surface area contributed by atoms with Crippen LogP contribution in [0.1, 0.15) is 24.2 Å². The predicted octanol–water partition coefficient (Wildman–Crippen LogP) is 5.16. The highest BCUT2D eigenvalue weighted by Crippen LogP contribution is 2.28. The minimum atomic E-state index is -1.77. The molecule has 5 nitrogen and oxygen atoms in total. The molecule has 9 heteroatoms. The van der Waals surface area contributed by atoms with E-state index in [0.29, 0.717) is 5.69 Å². The monoisotopic (exact) mass is 425 g/mol. The van der Waals surface area contributed by atoms with Gasteiger partial charge in [-0.05, 0) is 50.3 Å². The van der Waals surface area contributed by atoms with Crippen molar-refractivity contribution in [3.8, 4) is 0 Å². The van der Waals surface area contributed by atoms with Crippen LogP contribution in [0.2, 0.25) is 5.02 Å². The van der Waals surface area contributed by atoms with Crippen LogP contribution in [-0.4, -0.2) is 24.5 Å². The highest BCUT2D eigenvalue weighted by atomic mass is 35.5. The molecule has 0 unspecified atom stereocenters. The van der Waals surface area contributed by atoms with Gasteiger partial charge >= 0.3 is 0 Å². The third-order valence-electron chi connectivity index (χ3n) is 3.72. The molecule has 154 valence electrons. The fourth-order valence-corrected chi connectivity index (χ4v) is 2.45. The molecule has 0 aliphatic heterocycles. The van der Waals surface area contributed by atoms with E-state index in [1.165, 1.54) is 26.0 Å². The molecule has 29 heavy (non-hydrogen) atoms. The number of anilines is 3. The van der Waals surface area contributed by atoms with Crippen molar-refractivity contribution < 1.29 is 22.8 Å². The van der Waals surface area contributed by atoms with Crippen molar-refractivity contribution in [2.75, 3.05) is 23.0 Å². The van der Waals surface area contributed by atoms with Crippen molar-refractivity contribution >= 4 is 40.5 Å². The van der Waals surface area contributed by atoms with Crippen molar-refractivity contribution in [1.82, 2.24) is 0 Å². The minimum absolute atomic E-state index is 0.0703. The molecule has 3 N–H and O–H groups in total. The Morgan fingerprint density at radius 1 is 1.10 bits per heavy atom. The molecular formula is C20H19ClF3N3O2. The number of amides is 2. The normalized spacial score (nSPS) is 11.4. The number of halogens is 4. The largest absolute Gasteiger partial charge is 0.388 e. The second-order valence-corrected chi connectivity index (χ2v) is 6.98. The number of alkyl halides is 1. The molecule has 0 saturated heterocycles. The molecule has 2 aromatic rings. The number of hydrogen-bond acceptors (Lipinski definition) is 3. The molecule has 0 aliphatic rings. The van der Waals surface area contributed by atoms with Crippen LogP contribution in [0.4, 0.5) is 30.2 Å². The van der Waals surface area contributed by atoms with Gasteiger partial charge in [0.1, 0.15) is 17.2 Å². The summed E-state index contributed by atoms with van der Waals surface area (Å²) in [7, 11) is 1.65. The second kappa shape index (κ2) is 9.00. The fraction of sp³-hybridized carbons (Fsp3) is 0.200.